The van der Waals surface area contributed by atoms with Crippen molar-refractivity contribution in [2.24, 2.45) is 0 Å². The van der Waals surface area contributed by atoms with Crippen molar-refractivity contribution in [2.75, 3.05) is 21.3 Å². The van der Waals surface area contributed by atoms with Gasteiger partial charge in [-0.1, -0.05) is 0 Å². The second-order valence-electron chi connectivity index (χ2n) is 6.74. The molecule has 112 valence electrons. The zero-order valence-corrected chi connectivity index (χ0v) is 14.3. The lowest BCUT2D eigenvalue weighted by Gasteiger charge is -2.37. The minimum Gasteiger partial charge on any atom is -0.496 e. The Morgan fingerprint density at radius 1 is 0.750 bits per heavy atom. The summed E-state index contributed by atoms with van der Waals surface area (Å²) in [6.07, 6.45) is 0. The molecule has 0 fully saturated rings. The van der Waals surface area contributed by atoms with Crippen molar-refractivity contribution in [1.29, 1.82) is 0 Å². The van der Waals surface area contributed by atoms with Crippen LogP contribution in [-0.4, -0.2) is 26.2 Å². The van der Waals surface area contributed by atoms with Gasteiger partial charge in [0.15, 0.2) is 0 Å². The second kappa shape index (κ2) is 4.39. The number of hydrogen-bond acceptors (Lipinski definition) is 3. The lowest BCUT2D eigenvalue weighted by atomic mass is 9.84. The molecule has 1 aliphatic heterocycles. The fourth-order valence-corrected chi connectivity index (χ4v) is 3.93. The minimum absolute atomic E-state index is 0.0445. The van der Waals surface area contributed by atoms with Crippen LogP contribution in [0.3, 0.4) is 0 Å². The summed E-state index contributed by atoms with van der Waals surface area (Å²) in [6, 6.07) is 0. The Morgan fingerprint density at radius 3 is 1.65 bits per heavy atom. The average molecular weight is 277 g/mol. The van der Waals surface area contributed by atoms with E-state index in [2.05, 4.69) is 53.5 Å². The van der Waals surface area contributed by atoms with E-state index >= 15 is 0 Å². The van der Waals surface area contributed by atoms with Crippen molar-refractivity contribution in [2.45, 2.75) is 52.6 Å². The predicted molar refractivity (Wildman–Crippen MR) is 82.8 cm³/mol. The summed E-state index contributed by atoms with van der Waals surface area (Å²) in [4.78, 5) is 2.42. The number of hydrogen-bond donors (Lipinski definition) is 0. The molecule has 3 heteroatoms. The van der Waals surface area contributed by atoms with Crippen LogP contribution in [0.2, 0.25) is 0 Å². The minimum atomic E-state index is -0.0635. The molecule has 0 atom stereocenters. The molecule has 1 aliphatic rings. The smallest absolute Gasteiger partial charge is 0.130 e. The Labute approximate surface area is 122 Å². The van der Waals surface area contributed by atoms with Crippen molar-refractivity contribution in [1.82, 2.24) is 4.90 Å². The van der Waals surface area contributed by atoms with Gasteiger partial charge in [-0.3, -0.25) is 4.90 Å². The van der Waals surface area contributed by atoms with E-state index in [0.29, 0.717) is 0 Å². The molecule has 0 saturated carbocycles. The monoisotopic (exact) mass is 277 g/mol. The number of rotatable bonds is 2. The molecule has 2 rings (SSSR count). The van der Waals surface area contributed by atoms with Gasteiger partial charge in [0.2, 0.25) is 0 Å². The predicted octanol–water partition coefficient (Wildman–Crippen LogP) is 3.74. The lowest BCUT2D eigenvalue weighted by molar-refractivity contribution is 0.0718. The standard InChI is InChI=1S/C17H27NO2/c1-10-12-13(15(20-9)11(2)14(10)19-8)17(5,6)18(7)16(12,3)4/h1-9H3. The van der Waals surface area contributed by atoms with Gasteiger partial charge in [0.1, 0.15) is 11.5 Å². The first kappa shape index (κ1) is 15.2. The molecule has 0 aliphatic carbocycles. The molecule has 0 bridgehead atoms. The highest BCUT2D eigenvalue weighted by Crippen LogP contribution is 2.56. The molecule has 0 amide bonds. The number of ether oxygens (including phenoxy) is 2. The van der Waals surface area contributed by atoms with Gasteiger partial charge in [0, 0.05) is 22.2 Å². The number of nitrogens with zero attached hydrogens (tertiary/aromatic N) is 1. The van der Waals surface area contributed by atoms with Gasteiger partial charge in [0.05, 0.1) is 14.2 Å². The van der Waals surface area contributed by atoms with Gasteiger partial charge >= 0.3 is 0 Å². The first-order valence-corrected chi connectivity index (χ1v) is 7.12. The summed E-state index contributed by atoms with van der Waals surface area (Å²) in [7, 11) is 5.66. The number of benzene rings is 1. The van der Waals surface area contributed by atoms with Gasteiger partial charge in [-0.2, -0.15) is 0 Å². The number of fused-ring (bicyclic) bond motifs is 1. The van der Waals surface area contributed by atoms with E-state index in [0.717, 1.165) is 17.1 Å². The van der Waals surface area contributed by atoms with Crippen LogP contribution in [0.5, 0.6) is 11.5 Å². The van der Waals surface area contributed by atoms with Crippen LogP contribution in [0.4, 0.5) is 0 Å². The maximum absolute atomic E-state index is 5.76. The highest BCUT2D eigenvalue weighted by atomic mass is 16.5. The Morgan fingerprint density at radius 2 is 1.20 bits per heavy atom. The average Bonchev–Trinajstić information content (AvgIpc) is 2.49. The quantitative estimate of drug-likeness (QED) is 0.822. The summed E-state index contributed by atoms with van der Waals surface area (Å²) in [6.45, 7) is 13.3. The largest absolute Gasteiger partial charge is 0.496 e. The molecular weight excluding hydrogens is 250 g/mol. The van der Waals surface area contributed by atoms with E-state index < -0.39 is 0 Å². The molecule has 1 aromatic rings. The Bertz CT molecular complexity index is 559. The molecule has 1 aromatic carbocycles. The van der Waals surface area contributed by atoms with Gasteiger partial charge in [-0.15, -0.1) is 0 Å². The van der Waals surface area contributed by atoms with Crippen molar-refractivity contribution in [3.63, 3.8) is 0 Å². The first-order valence-electron chi connectivity index (χ1n) is 7.12. The lowest BCUT2D eigenvalue weighted by Crippen LogP contribution is -2.42. The third kappa shape index (κ3) is 1.62. The van der Waals surface area contributed by atoms with Crippen LogP contribution in [-0.2, 0) is 11.1 Å². The van der Waals surface area contributed by atoms with Crippen molar-refractivity contribution >= 4 is 0 Å². The Kier molecular flexibility index (Phi) is 3.33. The topological polar surface area (TPSA) is 21.7 Å². The van der Waals surface area contributed by atoms with E-state index in [-0.39, 0.29) is 11.1 Å². The highest BCUT2D eigenvalue weighted by Gasteiger charge is 2.50. The van der Waals surface area contributed by atoms with Gasteiger partial charge in [-0.05, 0) is 59.7 Å². The third-order valence-electron chi connectivity index (χ3n) is 5.18. The van der Waals surface area contributed by atoms with Crippen LogP contribution in [0, 0.1) is 13.8 Å². The third-order valence-corrected chi connectivity index (χ3v) is 5.18. The Hall–Kier alpha value is -1.22. The zero-order chi connectivity index (χ0) is 15.5. The van der Waals surface area contributed by atoms with Crippen LogP contribution >= 0.6 is 0 Å². The van der Waals surface area contributed by atoms with Gasteiger partial charge in [0.25, 0.3) is 0 Å². The van der Waals surface area contributed by atoms with E-state index in [1.807, 2.05) is 0 Å². The second-order valence-corrected chi connectivity index (χ2v) is 6.74. The fraction of sp³-hybridized carbons (Fsp3) is 0.647. The van der Waals surface area contributed by atoms with Crippen LogP contribution in [0.15, 0.2) is 0 Å². The normalized spacial score (nSPS) is 19.9. The molecule has 0 spiro atoms. The molecule has 0 radical (unpaired) electrons. The Balaban J connectivity index is 2.97. The van der Waals surface area contributed by atoms with E-state index in [1.54, 1.807) is 14.2 Å². The summed E-state index contributed by atoms with van der Waals surface area (Å²) >= 11 is 0. The summed E-state index contributed by atoms with van der Waals surface area (Å²) in [5.74, 6) is 1.91. The summed E-state index contributed by atoms with van der Waals surface area (Å²) < 4.78 is 11.4. The van der Waals surface area contributed by atoms with Gasteiger partial charge < -0.3 is 9.47 Å². The summed E-state index contributed by atoms with van der Waals surface area (Å²) in [5.41, 5.74) is 4.84. The van der Waals surface area contributed by atoms with Crippen molar-refractivity contribution in [3.05, 3.63) is 22.3 Å². The molecule has 0 aromatic heterocycles. The fourth-order valence-electron chi connectivity index (χ4n) is 3.93. The zero-order valence-electron chi connectivity index (χ0n) is 14.3. The van der Waals surface area contributed by atoms with Crippen molar-refractivity contribution in [3.8, 4) is 11.5 Å². The highest BCUT2D eigenvalue weighted by molar-refractivity contribution is 5.64. The molecule has 0 N–H and O–H groups in total. The summed E-state index contributed by atoms with van der Waals surface area (Å²) in [5, 5.41) is 0. The molecular formula is C17H27NO2. The molecule has 0 unspecified atom stereocenters. The maximum Gasteiger partial charge on any atom is 0.130 e. The van der Waals surface area contributed by atoms with Crippen LogP contribution in [0.1, 0.15) is 49.9 Å². The SMILES string of the molecule is COc1c(C)c(OC)c2c(c1C)C(C)(C)N(C)C2(C)C. The maximum atomic E-state index is 5.76. The van der Waals surface area contributed by atoms with Crippen molar-refractivity contribution < 1.29 is 9.47 Å². The first-order chi connectivity index (χ1) is 9.12. The van der Waals surface area contributed by atoms with E-state index in [4.69, 9.17) is 9.47 Å². The molecule has 20 heavy (non-hydrogen) atoms. The number of methoxy groups -OCH3 is 2. The van der Waals surface area contributed by atoms with E-state index in [1.165, 1.54) is 16.7 Å². The van der Waals surface area contributed by atoms with Crippen LogP contribution < -0.4 is 9.47 Å². The molecule has 3 nitrogen and oxygen atoms in total. The molecule has 1 heterocycles. The van der Waals surface area contributed by atoms with Gasteiger partial charge in [-0.25, -0.2) is 0 Å². The molecule has 0 saturated heterocycles. The van der Waals surface area contributed by atoms with Crippen LogP contribution in [0.25, 0.3) is 0 Å². The van der Waals surface area contributed by atoms with E-state index in [9.17, 15) is 0 Å².